The smallest absolute Gasteiger partial charge is 0.246 e. The predicted molar refractivity (Wildman–Crippen MR) is 236 cm³/mol. The van der Waals surface area contributed by atoms with Gasteiger partial charge >= 0.3 is 0 Å². The van der Waals surface area contributed by atoms with E-state index in [0.717, 1.165) is 28.6 Å². The molecule has 0 amide bonds. The zero-order valence-corrected chi connectivity index (χ0v) is 36.7. The third-order valence-electron chi connectivity index (χ3n) is 10.6. The standard InChI is InChI=1S/C50H54O4P2/c1-29-17-30(2)22-37(21-29)55(38-23-31(3)18-32(4)24-38)43-15-13-41-47(53-49(9,10)51-41)45(43)46-44(16-14-42-48(46)54-50(11,12)52-42)56(39-25-33(5)19-34(6)26-39)40-27-35(7)20-36(8)28-40/h13-28,43,45H,1-12H3/t43-,45?/m1/s1. The summed E-state index contributed by atoms with van der Waals surface area (Å²) in [5.74, 6) is 1.31. The topological polar surface area (TPSA) is 36.9 Å². The van der Waals surface area contributed by atoms with Crippen molar-refractivity contribution in [1.29, 1.82) is 0 Å². The molecular formula is C50H54O4P2. The highest BCUT2D eigenvalue weighted by atomic mass is 31.1. The highest BCUT2D eigenvalue weighted by molar-refractivity contribution is 7.80. The molecule has 288 valence electrons. The average molecular weight is 781 g/mol. The van der Waals surface area contributed by atoms with Gasteiger partial charge in [-0.15, -0.1) is 0 Å². The van der Waals surface area contributed by atoms with Gasteiger partial charge in [-0.1, -0.05) is 123 Å². The molecule has 5 aromatic carbocycles. The van der Waals surface area contributed by atoms with Crippen LogP contribution in [0.2, 0.25) is 0 Å². The molecule has 0 saturated heterocycles. The largest absolute Gasteiger partial charge is 0.453 e. The lowest BCUT2D eigenvalue weighted by Crippen LogP contribution is -2.35. The first-order valence-corrected chi connectivity index (χ1v) is 22.5. The highest BCUT2D eigenvalue weighted by Crippen LogP contribution is 2.59. The van der Waals surface area contributed by atoms with E-state index in [9.17, 15) is 0 Å². The molecule has 1 unspecified atom stereocenters. The van der Waals surface area contributed by atoms with Crippen LogP contribution in [0.3, 0.4) is 0 Å². The van der Waals surface area contributed by atoms with Gasteiger partial charge in [0.15, 0.2) is 23.0 Å². The van der Waals surface area contributed by atoms with Crippen molar-refractivity contribution in [3.8, 4) is 11.5 Å². The lowest BCUT2D eigenvalue weighted by Gasteiger charge is -2.38. The molecule has 2 atom stereocenters. The minimum absolute atomic E-state index is 0.00319. The molecular weight excluding hydrogens is 726 g/mol. The fourth-order valence-corrected chi connectivity index (χ4v) is 15.1. The van der Waals surface area contributed by atoms with Gasteiger partial charge in [-0.3, -0.25) is 0 Å². The Balaban J connectivity index is 1.47. The Morgan fingerprint density at radius 3 is 1.38 bits per heavy atom. The minimum Gasteiger partial charge on any atom is -0.453 e. The third-order valence-corrected chi connectivity index (χ3v) is 15.7. The summed E-state index contributed by atoms with van der Waals surface area (Å²) in [4.78, 5) is 0. The Bertz CT molecular complexity index is 2270. The fourth-order valence-electron chi connectivity index (χ4n) is 9.01. The zero-order valence-electron chi connectivity index (χ0n) is 34.9. The van der Waals surface area contributed by atoms with E-state index in [4.69, 9.17) is 18.9 Å². The molecule has 0 spiro atoms. The van der Waals surface area contributed by atoms with E-state index < -0.39 is 27.4 Å². The maximum absolute atomic E-state index is 7.03. The molecule has 4 nitrogen and oxygen atoms in total. The quantitative estimate of drug-likeness (QED) is 0.154. The van der Waals surface area contributed by atoms with Crippen LogP contribution >= 0.6 is 15.8 Å². The first-order chi connectivity index (χ1) is 26.4. The van der Waals surface area contributed by atoms with Gasteiger partial charge < -0.3 is 18.9 Å². The summed E-state index contributed by atoms with van der Waals surface area (Å²) < 4.78 is 27.3. The van der Waals surface area contributed by atoms with Gasteiger partial charge in [0.05, 0.1) is 5.92 Å². The van der Waals surface area contributed by atoms with Crippen molar-refractivity contribution >= 4 is 42.4 Å². The van der Waals surface area contributed by atoms with Crippen LogP contribution in [0.4, 0.5) is 0 Å². The lowest BCUT2D eigenvalue weighted by molar-refractivity contribution is -0.122. The van der Waals surface area contributed by atoms with Crippen LogP contribution < -0.4 is 36.0 Å². The second kappa shape index (κ2) is 14.2. The second-order valence-electron chi connectivity index (χ2n) is 17.2. The van der Waals surface area contributed by atoms with Crippen molar-refractivity contribution in [3.05, 3.63) is 159 Å². The van der Waals surface area contributed by atoms with E-state index in [-0.39, 0.29) is 11.6 Å². The molecule has 6 heteroatoms. The molecule has 0 saturated carbocycles. The molecule has 3 aliphatic rings. The number of hydrogen-bond donors (Lipinski definition) is 0. The van der Waals surface area contributed by atoms with Crippen LogP contribution in [0.1, 0.15) is 83.7 Å². The average Bonchev–Trinajstić information content (AvgIpc) is 3.56. The first kappa shape index (κ1) is 38.5. The maximum Gasteiger partial charge on any atom is 0.246 e. The van der Waals surface area contributed by atoms with Crippen molar-refractivity contribution in [2.24, 2.45) is 0 Å². The van der Waals surface area contributed by atoms with Crippen LogP contribution in [0.15, 0.2) is 109 Å². The van der Waals surface area contributed by atoms with Crippen molar-refractivity contribution in [2.45, 2.75) is 106 Å². The molecule has 5 aromatic rings. The number of allylic oxidation sites excluding steroid dienone is 3. The van der Waals surface area contributed by atoms with Gasteiger partial charge in [0, 0.05) is 38.9 Å². The van der Waals surface area contributed by atoms with Gasteiger partial charge in [0.2, 0.25) is 11.6 Å². The molecule has 0 aromatic heterocycles. The van der Waals surface area contributed by atoms with E-state index in [0.29, 0.717) is 0 Å². The highest BCUT2D eigenvalue weighted by Gasteiger charge is 2.49. The Labute approximate surface area is 336 Å². The Morgan fingerprint density at radius 1 is 0.482 bits per heavy atom. The lowest BCUT2D eigenvalue weighted by atomic mass is 9.88. The van der Waals surface area contributed by atoms with Gasteiger partial charge in [0.25, 0.3) is 0 Å². The third kappa shape index (κ3) is 7.44. The normalized spacial score (nSPS) is 19.0. The maximum atomic E-state index is 7.03. The van der Waals surface area contributed by atoms with E-state index in [1.54, 1.807) is 0 Å². The van der Waals surface area contributed by atoms with E-state index >= 15 is 0 Å². The van der Waals surface area contributed by atoms with Crippen LogP contribution in [-0.2, 0) is 9.47 Å². The summed E-state index contributed by atoms with van der Waals surface area (Å²) in [6.45, 7) is 25.7. The summed E-state index contributed by atoms with van der Waals surface area (Å²) >= 11 is 0. The van der Waals surface area contributed by atoms with Crippen LogP contribution in [0.5, 0.6) is 11.5 Å². The Hall–Kier alpha value is -4.36. The Kier molecular flexibility index (Phi) is 9.79. The molecule has 56 heavy (non-hydrogen) atoms. The SMILES string of the molecule is Cc1cc(C)cc(P(c2cc(C)cc(C)c2)c2ccc3c(c2C2C4=C(C=C[C@H]2P(c2cc(C)cc(C)c2)c2cc(C)cc(C)c2)OC(C)(C)O4)OC(C)(C)O3)c1. The molecule has 8 rings (SSSR count). The van der Waals surface area contributed by atoms with Crippen molar-refractivity contribution in [2.75, 3.05) is 0 Å². The number of fused-ring (bicyclic) bond motifs is 1. The second-order valence-corrected chi connectivity index (χ2v) is 21.7. The van der Waals surface area contributed by atoms with Crippen LogP contribution in [0, 0.1) is 55.4 Å². The fraction of sp³-hybridized carbons (Fsp3) is 0.320. The summed E-state index contributed by atoms with van der Waals surface area (Å²) in [5, 5.41) is 6.57. The zero-order chi connectivity index (χ0) is 39.8. The number of rotatable bonds is 7. The van der Waals surface area contributed by atoms with Gasteiger partial charge in [-0.2, -0.15) is 0 Å². The van der Waals surface area contributed by atoms with Crippen LogP contribution in [-0.4, -0.2) is 17.2 Å². The molecule has 0 N–H and O–H groups in total. The van der Waals surface area contributed by atoms with Gasteiger partial charge in [-0.25, -0.2) is 0 Å². The van der Waals surface area contributed by atoms with Gasteiger partial charge in [0.1, 0.15) is 0 Å². The number of benzene rings is 5. The summed E-state index contributed by atoms with van der Waals surface area (Å²) in [5.41, 5.74) is 11.2. The van der Waals surface area contributed by atoms with Crippen molar-refractivity contribution < 1.29 is 18.9 Å². The minimum atomic E-state index is -1.07. The summed E-state index contributed by atoms with van der Waals surface area (Å²) in [6, 6.07) is 32.7. The van der Waals surface area contributed by atoms with Crippen molar-refractivity contribution in [1.82, 2.24) is 0 Å². The monoisotopic (exact) mass is 780 g/mol. The van der Waals surface area contributed by atoms with Gasteiger partial charge in [-0.05, 0) is 116 Å². The predicted octanol–water partition coefficient (Wildman–Crippen LogP) is 10.6. The molecule has 0 bridgehead atoms. The number of aryl methyl sites for hydroxylation is 8. The summed E-state index contributed by atoms with van der Waals surface area (Å²) in [6.07, 6.45) is 4.59. The van der Waals surface area contributed by atoms with E-state index in [2.05, 4.69) is 152 Å². The van der Waals surface area contributed by atoms with Crippen molar-refractivity contribution in [3.63, 3.8) is 0 Å². The molecule has 1 aliphatic carbocycles. The molecule has 0 fully saturated rings. The molecule has 2 heterocycles. The first-order valence-electron chi connectivity index (χ1n) is 19.7. The molecule has 0 radical (unpaired) electrons. The van der Waals surface area contributed by atoms with Crippen LogP contribution in [0.25, 0.3) is 0 Å². The molecule has 2 aliphatic heterocycles. The van der Waals surface area contributed by atoms with E-state index in [1.165, 1.54) is 71.0 Å². The number of ether oxygens (including phenoxy) is 4. The Morgan fingerprint density at radius 2 is 0.911 bits per heavy atom. The summed E-state index contributed by atoms with van der Waals surface area (Å²) in [7, 11) is -2.06. The number of hydrogen-bond acceptors (Lipinski definition) is 4. The van der Waals surface area contributed by atoms with E-state index in [1.807, 2.05) is 27.7 Å².